The van der Waals surface area contributed by atoms with E-state index in [1.165, 1.54) is 13.2 Å². The standard InChI is InChI=1S/C11H14N2O2/c1-11(2,13)8-4-7(6-12)10(15-3)9(14)5-8/h4-5,14H,13H2,1-3H3. The van der Waals surface area contributed by atoms with E-state index >= 15 is 0 Å². The highest BCUT2D eigenvalue weighted by molar-refractivity contribution is 5.55. The third-order valence-electron chi connectivity index (χ3n) is 2.14. The molecule has 0 heterocycles. The van der Waals surface area contributed by atoms with Gasteiger partial charge in [0.15, 0.2) is 11.5 Å². The number of nitrogens with two attached hydrogens (primary N) is 1. The number of ether oxygens (including phenoxy) is 1. The molecule has 0 aliphatic carbocycles. The Bertz CT molecular complexity index is 414. The molecule has 0 atom stereocenters. The molecule has 4 nitrogen and oxygen atoms in total. The molecule has 1 aromatic carbocycles. The van der Waals surface area contributed by atoms with Crippen LogP contribution in [0.3, 0.4) is 0 Å². The van der Waals surface area contributed by atoms with Gasteiger partial charge in [0.1, 0.15) is 6.07 Å². The number of rotatable bonds is 2. The summed E-state index contributed by atoms with van der Waals surface area (Å²) in [5.74, 6) is 0.121. The summed E-state index contributed by atoms with van der Waals surface area (Å²) in [6.07, 6.45) is 0. The molecule has 0 saturated heterocycles. The van der Waals surface area contributed by atoms with Gasteiger partial charge in [0.2, 0.25) is 0 Å². The number of phenolic OH excluding ortho intramolecular Hbond substituents is 1. The number of nitriles is 1. The van der Waals surface area contributed by atoms with Crippen molar-refractivity contribution >= 4 is 0 Å². The lowest BCUT2D eigenvalue weighted by Crippen LogP contribution is -2.28. The van der Waals surface area contributed by atoms with Crippen LogP contribution < -0.4 is 10.5 Å². The van der Waals surface area contributed by atoms with Crippen LogP contribution in [0.15, 0.2) is 12.1 Å². The van der Waals surface area contributed by atoms with Crippen molar-refractivity contribution in [2.24, 2.45) is 5.73 Å². The number of hydrogen-bond donors (Lipinski definition) is 2. The molecule has 0 spiro atoms. The van der Waals surface area contributed by atoms with Gasteiger partial charge < -0.3 is 15.6 Å². The summed E-state index contributed by atoms with van der Waals surface area (Å²) >= 11 is 0. The fourth-order valence-electron chi connectivity index (χ4n) is 1.28. The van der Waals surface area contributed by atoms with E-state index in [2.05, 4.69) is 0 Å². The molecule has 1 aromatic rings. The van der Waals surface area contributed by atoms with Crippen LogP contribution in [0.4, 0.5) is 0 Å². The van der Waals surface area contributed by atoms with Gasteiger partial charge >= 0.3 is 0 Å². The van der Waals surface area contributed by atoms with Crippen LogP contribution in [0.25, 0.3) is 0 Å². The molecule has 0 amide bonds. The lowest BCUT2D eigenvalue weighted by atomic mass is 9.93. The number of phenols is 1. The normalized spacial score (nSPS) is 10.9. The van der Waals surface area contributed by atoms with Crippen molar-refractivity contribution in [3.63, 3.8) is 0 Å². The van der Waals surface area contributed by atoms with Crippen LogP contribution in [-0.4, -0.2) is 12.2 Å². The number of nitrogens with zero attached hydrogens (tertiary/aromatic N) is 1. The largest absolute Gasteiger partial charge is 0.504 e. The van der Waals surface area contributed by atoms with E-state index in [0.29, 0.717) is 5.56 Å². The SMILES string of the molecule is COc1c(O)cc(C(C)(C)N)cc1C#N. The summed E-state index contributed by atoms with van der Waals surface area (Å²) in [5, 5.41) is 18.5. The van der Waals surface area contributed by atoms with Crippen molar-refractivity contribution in [1.82, 2.24) is 0 Å². The van der Waals surface area contributed by atoms with E-state index < -0.39 is 5.54 Å². The molecule has 0 aromatic heterocycles. The molecule has 1 rings (SSSR count). The number of methoxy groups -OCH3 is 1. The Morgan fingerprint density at radius 1 is 1.47 bits per heavy atom. The van der Waals surface area contributed by atoms with Crippen LogP contribution in [0.2, 0.25) is 0 Å². The second-order valence-corrected chi connectivity index (χ2v) is 3.91. The van der Waals surface area contributed by atoms with Crippen LogP contribution in [0, 0.1) is 11.3 Å². The molecule has 0 saturated carbocycles. The Morgan fingerprint density at radius 2 is 2.07 bits per heavy atom. The van der Waals surface area contributed by atoms with Gasteiger partial charge in [-0.1, -0.05) is 0 Å². The Balaban J connectivity index is 3.41. The minimum atomic E-state index is -0.602. The Morgan fingerprint density at radius 3 is 2.47 bits per heavy atom. The fourth-order valence-corrected chi connectivity index (χ4v) is 1.28. The molecule has 15 heavy (non-hydrogen) atoms. The second-order valence-electron chi connectivity index (χ2n) is 3.91. The lowest BCUT2D eigenvalue weighted by molar-refractivity contribution is 0.370. The summed E-state index contributed by atoms with van der Waals surface area (Å²) < 4.78 is 4.92. The fraction of sp³-hybridized carbons (Fsp3) is 0.364. The Kier molecular flexibility index (Phi) is 2.87. The molecular weight excluding hydrogens is 192 g/mol. The molecule has 80 valence electrons. The lowest BCUT2D eigenvalue weighted by Gasteiger charge is -2.20. The van der Waals surface area contributed by atoms with Gasteiger partial charge in [-0.25, -0.2) is 0 Å². The molecule has 4 heteroatoms. The van der Waals surface area contributed by atoms with Gasteiger partial charge in [0.05, 0.1) is 12.7 Å². The van der Waals surface area contributed by atoms with Crippen molar-refractivity contribution in [2.45, 2.75) is 19.4 Å². The Hall–Kier alpha value is -1.73. The van der Waals surface area contributed by atoms with Crippen molar-refractivity contribution < 1.29 is 9.84 Å². The van der Waals surface area contributed by atoms with Gasteiger partial charge in [-0.15, -0.1) is 0 Å². The van der Waals surface area contributed by atoms with Crippen LogP contribution in [0.1, 0.15) is 25.0 Å². The topological polar surface area (TPSA) is 79.3 Å². The maximum absolute atomic E-state index is 9.63. The van der Waals surface area contributed by atoms with Gasteiger partial charge in [0, 0.05) is 5.54 Å². The van der Waals surface area contributed by atoms with Crippen LogP contribution in [-0.2, 0) is 5.54 Å². The third kappa shape index (κ3) is 2.20. The van der Waals surface area contributed by atoms with E-state index in [4.69, 9.17) is 15.7 Å². The third-order valence-corrected chi connectivity index (χ3v) is 2.14. The average Bonchev–Trinajstić information content (AvgIpc) is 2.15. The van der Waals surface area contributed by atoms with E-state index in [9.17, 15) is 5.11 Å². The van der Waals surface area contributed by atoms with Crippen molar-refractivity contribution in [3.8, 4) is 17.6 Å². The van der Waals surface area contributed by atoms with Gasteiger partial charge in [-0.05, 0) is 31.5 Å². The zero-order valence-corrected chi connectivity index (χ0v) is 9.03. The highest BCUT2D eigenvalue weighted by Gasteiger charge is 2.19. The molecule has 3 N–H and O–H groups in total. The summed E-state index contributed by atoms with van der Waals surface area (Å²) in [4.78, 5) is 0. The minimum absolute atomic E-state index is 0.0647. The molecule has 0 bridgehead atoms. The summed E-state index contributed by atoms with van der Waals surface area (Å²) in [7, 11) is 1.41. The Labute approximate surface area is 88.9 Å². The summed E-state index contributed by atoms with van der Waals surface area (Å²) in [5.41, 5.74) is 6.25. The van der Waals surface area contributed by atoms with Crippen LogP contribution >= 0.6 is 0 Å². The maximum Gasteiger partial charge on any atom is 0.178 e. The smallest absolute Gasteiger partial charge is 0.178 e. The highest BCUT2D eigenvalue weighted by Crippen LogP contribution is 2.33. The molecule has 0 radical (unpaired) electrons. The van der Waals surface area contributed by atoms with Crippen molar-refractivity contribution in [2.75, 3.05) is 7.11 Å². The molecule has 0 aliphatic heterocycles. The number of hydrogen-bond acceptors (Lipinski definition) is 4. The number of aromatic hydroxyl groups is 1. The van der Waals surface area contributed by atoms with E-state index in [1.807, 2.05) is 6.07 Å². The molecule has 0 unspecified atom stereocenters. The molecular formula is C11H14N2O2. The van der Waals surface area contributed by atoms with E-state index in [0.717, 1.165) is 0 Å². The maximum atomic E-state index is 9.63. The summed E-state index contributed by atoms with van der Waals surface area (Å²) in [6.45, 7) is 3.60. The average molecular weight is 206 g/mol. The predicted molar refractivity (Wildman–Crippen MR) is 56.6 cm³/mol. The first-order valence-electron chi connectivity index (χ1n) is 4.50. The first-order valence-corrected chi connectivity index (χ1v) is 4.50. The van der Waals surface area contributed by atoms with Crippen LogP contribution in [0.5, 0.6) is 11.5 Å². The first-order chi connectivity index (χ1) is 6.90. The van der Waals surface area contributed by atoms with Gasteiger partial charge in [-0.3, -0.25) is 0 Å². The molecule has 0 aliphatic rings. The zero-order chi connectivity index (χ0) is 11.6. The van der Waals surface area contributed by atoms with Gasteiger partial charge in [-0.2, -0.15) is 5.26 Å². The van der Waals surface area contributed by atoms with Crippen molar-refractivity contribution in [1.29, 1.82) is 5.26 Å². The zero-order valence-electron chi connectivity index (χ0n) is 9.03. The van der Waals surface area contributed by atoms with E-state index in [-0.39, 0.29) is 17.1 Å². The number of benzene rings is 1. The highest BCUT2D eigenvalue weighted by atomic mass is 16.5. The second kappa shape index (κ2) is 3.79. The molecule has 0 fully saturated rings. The first kappa shape index (κ1) is 11.3. The van der Waals surface area contributed by atoms with E-state index in [1.54, 1.807) is 19.9 Å². The minimum Gasteiger partial charge on any atom is -0.504 e. The monoisotopic (exact) mass is 206 g/mol. The predicted octanol–water partition coefficient (Wildman–Crippen LogP) is 1.47. The van der Waals surface area contributed by atoms with Crippen molar-refractivity contribution in [3.05, 3.63) is 23.3 Å². The quantitative estimate of drug-likeness (QED) is 0.767. The van der Waals surface area contributed by atoms with Gasteiger partial charge in [0.25, 0.3) is 0 Å². The summed E-state index contributed by atoms with van der Waals surface area (Å²) in [6, 6.07) is 5.10.